The van der Waals surface area contributed by atoms with Gasteiger partial charge in [0.2, 0.25) is 5.78 Å². The van der Waals surface area contributed by atoms with E-state index in [9.17, 15) is 83.4 Å². The molecule has 4 fully saturated rings. The minimum absolute atomic E-state index is 0.00684. The molecule has 2 heterocycles. The number of fused-ring (bicyclic) bond motifs is 8. The van der Waals surface area contributed by atoms with Gasteiger partial charge in [-0.15, -0.1) is 0 Å². The Labute approximate surface area is 653 Å². The number of aliphatic hydroxyl groups excluding tert-OH is 2. The Hall–Kier alpha value is -11.2. The van der Waals surface area contributed by atoms with Crippen LogP contribution < -0.4 is 15.4 Å². The van der Waals surface area contributed by atoms with Crippen molar-refractivity contribution < 1.29 is 131 Å². The molecule has 0 unspecified atom stereocenters. The van der Waals surface area contributed by atoms with Gasteiger partial charge in [0.25, 0.3) is 11.8 Å². The average Bonchev–Trinajstić information content (AvgIpc) is 0.657. The van der Waals surface area contributed by atoms with E-state index in [2.05, 4.69) is 10.6 Å². The second-order valence-corrected chi connectivity index (χ2v) is 30.9. The number of esters is 5. The SMILES string of the molecule is COc1cccc2c1C(=O)c1c(O)c3c(c(O)c1C2=O)C[C@@](O)(C(C)=O)C[C@@H]3O[C@H]1C[C@H](NC(=O)c2ccc(C(=O)CCC(=O)O[C@H]3C[C@H]4OC[C@@]4(OC(C)=O)[C@H]4[C@H](OC(=O)c5ccccc5)[C@]5(O)C[C@H](OC(=O)[C@H](O)[C@@H](NC(=O)c6ccccc6)c6ccccc6)C(C)=C([C@@H](OC(C)=O)C(=O)[C@]34C)C5(C)C)cc2)[C@H](O)[C@H](C)O1. The van der Waals surface area contributed by atoms with Gasteiger partial charge < -0.3 is 83.9 Å². The number of nitrogens with one attached hydrogen (secondary N) is 2. The fraction of sp³-hybridized carbons (Fsp3) is 0.412. The van der Waals surface area contributed by atoms with Gasteiger partial charge in [0.1, 0.15) is 59.0 Å². The Morgan fingerprint density at radius 1 is 0.667 bits per heavy atom. The average molecular weight is 1570 g/mol. The normalized spacial score (nSPS) is 28.9. The van der Waals surface area contributed by atoms with E-state index < -0.39 is 245 Å². The first-order chi connectivity index (χ1) is 54.0. The lowest BCUT2D eigenvalue weighted by Gasteiger charge is -2.67. The van der Waals surface area contributed by atoms with Crippen LogP contribution in [0.5, 0.6) is 17.2 Å². The van der Waals surface area contributed by atoms with Crippen LogP contribution in [0.1, 0.15) is 196 Å². The second kappa shape index (κ2) is 31.0. The van der Waals surface area contributed by atoms with E-state index in [1.54, 1.807) is 54.6 Å². The molecule has 0 radical (unpaired) electrons. The van der Waals surface area contributed by atoms with Crippen LogP contribution in [0.2, 0.25) is 0 Å². The van der Waals surface area contributed by atoms with Gasteiger partial charge >= 0.3 is 29.8 Å². The minimum atomic E-state index is -2.63. The van der Waals surface area contributed by atoms with Crippen molar-refractivity contribution in [1.82, 2.24) is 10.6 Å². The number of carbonyl (C=O) groups excluding carboxylic acids is 12. The molecule has 5 aliphatic carbocycles. The van der Waals surface area contributed by atoms with E-state index >= 15 is 4.79 Å². The first-order valence-electron chi connectivity index (χ1n) is 37.2. The molecule has 2 saturated carbocycles. The maximum atomic E-state index is 16.6. The lowest BCUT2D eigenvalue weighted by atomic mass is 9.44. The van der Waals surface area contributed by atoms with Crippen molar-refractivity contribution in [2.75, 3.05) is 13.7 Å². The summed E-state index contributed by atoms with van der Waals surface area (Å²) in [5, 5.41) is 79.0. The number of methoxy groups -OCH3 is 1. The second-order valence-electron chi connectivity index (χ2n) is 30.9. The van der Waals surface area contributed by atoms with Crippen LogP contribution in [0.15, 0.2) is 145 Å². The van der Waals surface area contributed by atoms with Crippen LogP contribution in [0.4, 0.5) is 0 Å². The standard InChI is InChI=1S/C85H86N2O27/c1-40-55(111-80(103)72(98)66(46-20-13-10-14-21-46)87-78(101)47-22-15-11-16-23-47)38-85(105)76(113-79(102)49-24-17-12-18-25-49)74-82(8,75(99)73(109-43(4)89)65(40)81(85,6)7)57(35-58-84(74,39-107-58)114-44(5)90)112-59(92)33-32-53(91)45-28-30-48(31-29-45)77(100)86-52-34-60(108-41(2)67(52)93)110-56-37-83(104,42(3)88)36-51-62(56)71(97)64-63(69(51)95)68(94)50-26-19-27-54(106-9)61(50)70(64)96/h10-31,41,52,55-58,60,66-67,72-74,76,93,95,97-98,104-105H,32-39H2,1-9H3,(H,86,100)(H,87,101)/t41-,52-,55-,56-,57-,58+,60-,66-,67+,72+,73+,74-,76-,82+,83-,84-,85+/m0/s1. The molecule has 8 N–H and O–H groups in total. The molecule has 2 bridgehead atoms. The van der Waals surface area contributed by atoms with E-state index in [0.717, 1.165) is 20.8 Å². The van der Waals surface area contributed by atoms with Crippen molar-refractivity contribution in [1.29, 1.82) is 0 Å². The Balaban J connectivity index is 0.754. The molecule has 29 nitrogen and oxygen atoms in total. The Morgan fingerprint density at radius 3 is 1.90 bits per heavy atom. The molecule has 13 rings (SSSR count). The van der Waals surface area contributed by atoms with Crippen LogP contribution >= 0.6 is 0 Å². The van der Waals surface area contributed by atoms with Gasteiger partial charge in [-0.25, -0.2) is 9.59 Å². The van der Waals surface area contributed by atoms with Crippen LogP contribution in [0.3, 0.4) is 0 Å². The first kappa shape index (κ1) is 80.9. The number of aliphatic hydroxyl groups is 4. The summed E-state index contributed by atoms with van der Waals surface area (Å²) in [5.74, 6) is -14.3. The predicted molar refractivity (Wildman–Crippen MR) is 395 cm³/mol. The summed E-state index contributed by atoms with van der Waals surface area (Å²) < 4.78 is 55.5. The smallest absolute Gasteiger partial charge is 0.338 e. The Morgan fingerprint density at radius 2 is 1.29 bits per heavy atom. The highest BCUT2D eigenvalue weighted by molar-refractivity contribution is 6.31. The number of ether oxygens (including phenoxy) is 9. The summed E-state index contributed by atoms with van der Waals surface area (Å²) >= 11 is 0. The van der Waals surface area contributed by atoms with E-state index in [-0.39, 0.29) is 73.4 Å². The third-order valence-electron chi connectivity index (χ3n) is 23.8. The van der Waals surface area contributed by atoms with Gasteiger partial charge in [0.15, 0.2) is 47.2 Å². The molecule has 6 aromatic carbocycles. The van der Waals surface area contributed by atoms with Gasteiger partial charge in [0, 0.05) is 91.2 Å². The number of rotatable bonds is 21. The third-order valence-corrected chi connectivity index (χ3v) is 23.8. The number of carbonyl (C=O) groups is 12. The molecular formula is C85H86N2O27. The number of Topliss-reactive ketones (excluding diaryl/α,β-unsaturated/α-hetero) is 3. The van der Waals surface area contributed by atoms with Crippen LogP contribution in [0.25, 0.3) is 0 Å². The van der Waals surface area contributed by atoms with Gasteiger partial charge in [-0.05, 0) is 86.9 Å². The number of amides is 2. The predicted octanol–water partition coefficient (Wildman–Crippen LogP) is 6.76. The summed E-state index contributed by atoms with van der Waals surface area (Å²) in [7, 11) is 1.28. The van der Waals surface area contributed by atoms with Crippen molar-refractivity contribution in [3.63, 3.8) is 0 Å². The molecule has 2 amide bonds. The maximum absolute atomic E-state index is 16.6. The maximum Gasteiger partial charge on any atom is 0.338 e. The molecule has 2 aliphatic heterocycles. The lowest BCUT2D eigenvalue weighted by Crippen LogP contribution is -2.82. The number of phenolic OH excluding ortho intramolecular Hbond substituents is 2. The van der Waals surface area contributed by atoms with E-state index in [0.29, 0.717) is 0 Å². The summed E-state index contributed by atoms with van der Waals surface area (Å²) in [6.45, 7) is 9.92. The lowest BCUT2D eigenvalue weighted by molar-refractivity contribution is -0.346. The van der Waals surface area contributed by atoms with Gasteiger partial charge in [-0.2, -0.15) is 0 Å². The highest BCUT2D eigenvalue weighted by Gasteiger charge is 2.79. The van der Waals surface area contributed by atoms with E-state index in [1.807, 2.05) is 0 Å². The molecule has 598 valence electrons. The summed E-state index contributed by atoms with van der Waals surface area (Å²) in [5.41, 5.74) is -12.7. The minimum Gasteiger partial charge on any atom is -0.507 e. The monoisotopic (exact) mass is 1570 g/mol. The zero-order chi connectivity index (χ0) is 82.2. The summed E-state index contributed by atoms with van der Waals surface area (Å²) in [4.78, 5) is 172. The van der Waals surface area contributed by atoms with Crippen molar-refractivity contribution in [3.8, 4) is 17.2 Å². The number of phenols is 2. The van der Waals surface area contributed by atoms with Crippen molar-refractivity contribution in [2.24, 2.45) is 16.7 Å². The molecular weight excluding hydrogens is 1480 g/mol. The number of hydrogen-bond acceptors (Lipinski definition) is 27. The highest BCUT2D eigenvalue weighted by Crippen LogP contribution is 2.65. The topological polar surface area (TPSA) is 433 Å². The van der Waals surface area contributed by atoms with Crippen LogP contribution in [-0.4, -0.2) is 193 Å². The molecule has 0 aromatic heterocycles. The zero-order valence-electron chi connectivity index (χ0n) is 63.6. The van der Waals surface area contributed by atoms with Crippen molar-refractivity contribution in [3.05, 3.63) is 206 Å². The van der Waals surface area contributed by atoms with Crippen LogP contribution in [0, 0.1) is 16.7 Å². The fourth-order valence-electron chi connectivity index (χ4n) is 17.7. The summed E-state index contributed by atoms with van der Waals surface area (Å²) in [6.07, 6.45) is -20.1. The molecule has 0 spiro atoms. The molecule has 7 aliphatic rings. The van der Waals surface area contributed by atoms with E-state index in [4.69, 9.17) is 42.6 Å². The number of hydrogen-bond donors (Lipinski definition) is 8. The number of benzene rings is 6. The largest absolute Gasteiger partial charge is 0.507 e. The molecule has 114 heavy (non-hydrogen) atoms. The van der Waals surface area contributed by atoms with Crippen molar-refractivity contribution >= 4 is 70.6 Å². The zero-order valence-corrected chi connectivity index (χ0v) is 63.6. The fourth-order valence-corrected chi connectivity index (χ4v) is 17.7. The van der Waals surface area contributed by atoms with Crippen LogP contribution in [-0.2, 0) is 73.1 Å². The highest BCUT2D eigenvalue weighted by atomic mass is 16.7. The Bertz CT molecular complexity index is 4970. The van der Waals surface area contributed by atoms with E-state index in [1.165, 1.54) is 121 Å². The quantitative estimate of drug-likeness (QED) is 0.0121. The van der Waals surface area contributed by atoms with Crippen molar-refractivity contribution in [2.45, 2.75) is 190 Å². The first-order valence-corrected chi connectivity index (χ1v) is 37.2. The number of ketones is 5. The van der Waals surface area contributed by atoms with Gasteiger partial charge in [-0.1, -0.05) is 105 Å². The third kappa shape index (κ3) is 14.1. The Kier molecular flexibility index (Phi) is 22.0. The van der Waals surface area contributed by atoms with Gasteiger partial charge in [-0.3, -0.25) is 47.9 Å². The molecule has 2 saturated heterocycles. The summed E-state index contributed by atoms with van der Waals surface area (Å²) in [6, 6.07) is 30.4. The molecule has 17 atom stereocenters. The molecule has 6 aromatic rings. The van der Waals surface area contributed by atoms with Gasteiger partial charge in [0.05, 0.1) is 78.0 Å². The molecule has 29 heteroatoms. The number of aromatic hydroxyl groups is 2.